The molecule has 2 saturated heterocycles. The molecule has 0 spiro atoms. The van der Waals surface area contributed by atoms with E-state index in [1.165, 1.54) is 0 Å². The van der Waals surface area contributed by atoms with Crippen LogP contribution in [0.25, 0.3) is 10.9 Å². The van der Waals surface area contributed by atoms with Gasteiger partial charge in [0, 0.05) is 29.2 Å². The summed E-state index contributed by atoms with van der Waals surface area (Å²) in [6.45, 7) is 2.18. The van der Waals surface area contributed by atoms with Crippen molar-refractivity contribution in [3.8, 4) is 23.8 Å². The molecule has 4 aromatic rings. The molecule has 1 aromatic heterocycles. The molecule has 2 fully saturated rings. The van der Waals surface area contributed by atoms with Crippen molar-refractivity contribution in [2.24, 2.45) is 0 Å². The first-order valence-electron chi connectivity index (χ1n) is 10.6. The molecule has 33 heavy (non-hydrogen) atoms. The molecule has 2 atom stereocenters. The van der Waals surface area contributed by atoms with E-state index >= 15 is 0 Å². The van der Waals surface area contributed by atoms with Crippen LogP contribution in [0.3, 0.4) is 0 Å². The molecule has 2 unspecified atom stereocenters. The maximum absolute atomic E-state index is 5.98. The van der Waals surface area contributed by atoms with Crippen LogP contribution in [0.4, 0.5) is 11.5 Å². The van der Waals surface area contributed by atoms with E-state index in [1.807, 2.05) is 60.7 Å². The number of para-hydroxylation sites is 1. The van der Waals surface area contributed by atoms with Gasteiger partial charge in [-0.1, -0.05) is 29.8 Å². The molecule has 0 bridgehead atoms. The largest absolute Gasteiger partial charge is 0.457 e. The van der Waals surface area contributed by atoms with Crippen molar-refractivity contribution in [1.82, 2.24) is 15.3 Å². The van der Waals surface area contributed by atoms with Crippen molar-refractivity contribution in [3.63, 3.8) is 0 Å². The van der Waals surface area contributed by atoms with E-state index in [0.29, 0.717) is 40.4 Å². The summed E-state index contributed by atoms with van der Waals surface area (Å²) in [4.78, 5) is 8.76. The Bertz CT molecular complexity index is 1310. The zero-order valence-corrected chi connectivity index (χ0v) is 18.4. The van der Waals surface area contributed by atoms with Gasteiger partial charge in [0.25, 0.3) is 0 Å². The van der Waals surface area contributed by atoms with Crippen LogP contribution < -0.4 is 15.4 Å². The Hall–Kier alpha value is -3.63. The number of morpholine rings is 1. The number of terminal acetylenes is 1. The van der Waals surface area contributed by atoms with Crippen LogP contribution in [0.15, 0.2) is 72.8 Å². The number of hydrogen-bond acceptors (Lipinski definition) is 6. The van der Waals surface area contributed by atoms with E-state index in [1.54, 1.807) is 12.1 Å². The van der Waals surface area contributed by atoms with E-state index in [2.05, 4.69) is 26.5 Å². The van der Waals surface area contributed by atoms with E-state index in [0.717, 1.165) is 29.7 Å². The molecule has 3 aromatic carbocycles. The van der Waals surface area contributed by atoms with Gasteiger partial charge in [-0.05, 0) is 60.5 Å². The Kier molecular flexibility index (Phi) is 6.09. The van der Waals surface area contributed by atoms with E-state index in [-0.39, 0.29) is 0 Å². The highest BCUT2D eigenvalue weighted by Gasteiger charge is 2.42. The summed E-state index contributed by atoms with van der Waals surface area (Å²) >= 11 is 5.98. The summed E-state index contributed by atoms with van der Waals surface area (Å²) in [7, 11) is 0. The lowest BCUT2D eigenvalue weighted by Crippen LogP contribution is -2.13. The summed E-state index contributed by atoms with van der Waals surface area (Å²) in [5.41, 5.74) is 1.66. The molecule has 2 aliphatic rings. The number of epoxide rings is 1. The summed E-state index contributed by atoms with van der Waals surface area (Å²) in [6, 6.07) is 22.5. The number of nitrogens with zero attached hydrogens (tertiary/aromatic N) is 2. The predicted octanol–water partition coefficient (Wildman–Crippen LogP) is 5.16. The molecule has 6 nitrogen and oxygen atoms in total. The number of halogens is 1. The molecule has 6 rings (SSSR count). The average molecular weight is 457 g/mol. The third-order valence-corrected chi connectivity index (χ3v) is 5.49. The number of rotatable bonds is 4. The minimum atomic E-state index is 0.345. The number of nitrogens with one attached hydrogen (secondary N) is 2. The lowest BCUT2D eigenvalue weighted by molar-refractivity contribution is 0.331. The van der Waals surface area contributed by atoms with Crippen LogP contribution in [0.1, 0.15) is 5.82 Å². The number of anilines is 2. The Morgan fingerprint density at radius 2 is 1.76 bits per heavy atom. The normalized spacial score (nSPS) is 17.9. The topological polar surface area (TPSA) is 71.6 Å². The van der Waals surface area contributed by atoms with Crippen LogP contribution in [-0.2, 0) is 4.74 Å². The van der Waals surface area contributed by atoms with E-state index in [4.69, 9.17) is 27.5 Å². The van der Waals surface area contributed by atoms with Gasteiger partial charge in [-0.25, -0.2) is 9.97 Å². The quantitative estimate of drug-likeness (QED) is 0.326. The summed E-state index contributed by atoms with van der Waals surface area (Å²) in [5.74, 6) is 4.89. The second-order valence-corrected chi connectivity index (χ2v) is 8.07. The molecule has 0 amide bonds. The first-order valence-corrected chi connectivity index (χ1v) is 11.0. The Morgan fingerprint density at radius 1 is 0.970 bits per heavy atom. The fraction of sp³-hybridized carbons (Fsp3) is 0.154. The van der Waals surface area contributed by atoms with Crippen molar-refractivity contribution in [1.29, 1.82) is 0 Å². The first-order chi connectivity index (χ1) is 16.2. The number of hydrogen-bond donors (Lipinski definition) is 2. The molecule has 164 valence electrons. The molecule has 0 saturated carbocycles. The number of fused-ring (bicyclic) bond motifs is 2. The average Bonchev–Trinajstić information content (AvgIpc) is 3.44. The Balaban J connectivity index is 0.000000324. The molecule has 2 N–H and O–H groups in total. The smallest absolute Gasteiger partial charge is 0.207 e. The van der Waals surface area contributed by atoms with Crippen LogP contribution in [0.2, 0.25) is 5.02 Å². The Morgan fingerprint density at radius 3 is 2.42 bits per heavy atom. The van der Waals surface area contributed by atoms with E-state index in [9.17, 15) is 0 Å². The molecule has 0 radical (unpaired) electrons. The monoisotopic (exact) mass is 456 g/mol. The third kappa shape index (κ3) is 5.24. The third-order valence-electron chi connectivity index (χ3n) is 5.26. The van der Waals surface area contributed by atoms with Gasteiger partial charge in [0.2, 0.25) is 5.82 Å². The zero-order chi connectivity index (χ0) is 22.6. The highest BCUT2D eigenvalue weighted by atomic mass is 35.5. The van der Waals surface area contributed by atoms with Crippen LogP contribution >= 0.6 is 11.6 Å². The fourth-order valence-corrected chi connectivity index (χ4v) is 3.73. The second-order valence-electron chi connectivity index (χ2n) is 7.64. The molecule has 3 heterocycles. The van der Waals surface area contributed by atoms with Crippen molar-refractivity contribution in [3.05, 3.63) is 83.6 Å². The van der Waals surface area contributed by atoms with Gasteiger partial charge in [-0.2, -0.15) is 0 Å². The van der Waals surface area contributed by atoms with Gasteiger partial charge in [-0.15, -0.1) is 6.42 Å². The number of ether oxygens (including phenoxy) is 2. The van der Waals surface area contributed by atoms with Crippen LogP contribution in [0.5, 0.6) is 11.5 Å². The highest BCUT2D eigenvalue weighted by Crippen LogP contribution is 2.28. The summed E-state index contributed by atoms with van der Waals surface area (Å²) in [5, 5.41) is 8.02. The SMILES string of the molecule is C#Cc1nc(Nc2ccc(Oc3cccc(Cl)c3)cc2)c2ccccc2n1.C1NCC2OC12. The molecule has 7 heteroatoms. The summed E-state index contributed by atoms with van der Waals surface area (Å²) in [6.07, 6.45) is 6.68. The van der Waals surface area contributed by atoms with Gasteiger partial charge < -0.3 is 20.1 Å². The van der Waals surface area contributed by atoms with Crippen molar-refractivity contribution < 1.29 is 9.47 Å². The van der Waals surface area contributed by atoms with Crippen molar-refractivity contribution in [2.75, 3.05) is 18.4 Å². The van der Waals surface area contributed by atoms with Crippen molar-refractivity contribution >= 4 is 34.0 Å². The lowest BCUT2D eigenvalue weighted by atomic mass is 10.2. The molecule has 2 aliphatic heterocycles. The number of benzene rings is 3. The van der Waals surface area contributed by atoms with Crippen molar-refractivity contribution in [2.45, 2.75) is 12.2 Å². The maximum Gasteiger partial charge on any atom is 0.207 e. The molecule has 0 aliphatic carbocycles. The fourth-order valence-electron chi connectivity index (χ4n) is 3.55. The van der Waals surface area contributed by atoms with Gasteiger partial charge in [-0.3, -0.25) is 0 Å². The summed E-state index contributed by atoms with van der Waals surface area (Å²) < 4.78 is 10.9. The standard InChI is InChI=1S/C22H14ClN3O.C4H7NO/c1-2-21-25-20-9-4-3-8-19(20)22(26-21)24-16-10-12-17(13-11-16)27-18-7-5-6-15(23)14-18;1-3-4(6-3)2-5-1/h1,3-14H,(H,24,25,26);3-5H,1-2H2. The highest BCUT2D eigenvalue weighted by molar-refractivity contribution is 6.30. The maximum atomic E-state index is 5.98. The first kappa shape index (κ1) is 21.2. The minimum Gasteiger partial charge on any atom is -0.457 e. The van der Waals surface area contributed by atoms with E-state index < -0.39 is 0 Å². The van der Waals surface area contributed by atoms with Gasteiger partial charge >= 0.3 is 0 Å². The second kappa shape index (κ2) is 9.47. The predicted molar refractivity (Wildman–Crippen MR) is 130 cm³/mol. The number of aromatic nitrogens is 2. The van der Waals surface area contributed by atoms with Gasteiger partial charge in [0.1, 0.15) is 17.3 Å². The van der Waals surface area contributed by atoms with Gasteiger partial charge in [0.05, 0.1) is 17.7 Å². The zero-order valence-electron chi connectivity index (χ0n) is 17.7. The Labute approximate surface area is 196 Å². The van der Waals surface area contributed by atoms with Crippen LogP contribution in [0, 0.1) is 12.3 Å². The van der Waals surface area contributed by atoms with Crippen LogP contribution in [-0.4, -0.2) is 35.3 Å². The lowest BCUT2D eigenvalue weighted by Gasteiger charge is -2.10. The van der Waals surface area contributed by atoms with Gasteiger partial charge in [0.15, 0.2) is 0 Å². The minimum absolute atomic E-state index is 0.345. The molecular weight excluding hydrogens is 436 g/mol. The molecular formula is C26H21ClN4O2.